The quantitative estimate of drug-likeness (QED) is 0.412. The number of rotatable bonds is 1. The van der Waals surface area contributed by atoms with Crippen LogP contribution in [0.15, 0.2) is 5.11 Å². The minimum absolute atomic E-state index is 0.372. The largest absolute Gasteiger partial charge is 0.214 e. The molecule has 0 aromatic rings. The van der Waals surface area contributed by atoms with Crippen molar-refractivity contribution in [1.29, 1.82) is 5.53 Å². The Morgan fingerprint density at radius 1 is 1.22 bits per heavy atom. The minimum atomic E-state index is 0.372. The number of hydrogen-bond donors (Lipinski definition) is 1. The van der Waals surface area contributed by atoms with E-state index in [1.165, 1.54) is 19.3 Å². The molecule has 1 aliphatic rings. The van der Waals surface area contributed by atoms with Crippen LogP contribution in [0.3, 0.4) is 0 Å². The van der Waals surface area contributed by atoms with E-state index in [4.69, 9.17) is 5.53 Å². The zero-order valence-corrected chi connectivity index (χ0v) is 5.51. The average molecular weight is 126 g/mol. The lowest BCUT2D eigenvalue weighted by molar-refractivity contribution is 0.426. The van der Waals surface area contributed by atoms with Crippen molar-refractivity contribution in [2.24, 2.45) is 5.11 Å². The van der Waals surface area contributed by atoms with E-state index in [0.717, 1.165) is 12.8 Å². The van der Waals surface area contributed by atoms with Crippen molar-refractivity contribution in [2.45, 2.75) is 38.1 Å². The fourth-order valence-corrected chi connectivity index (χ4v) is 1.28. The molecule has 0 heterocycles. The molecule has 50 valence electrons. The minimum Gasteiger partial charge on any atom is -0.0531 e. The zero-order chi connectivity index (χ0) is 6.53. The molecule has 3 nitrogen and oxygen atoms in total. The molecule has 0 atom stereocenters. The maximum Gasteiger partial charge on any atom is 0.214 e. The highest BCUT2D eigenvalue weighted by atomic mass is 15.1. The Morgan fingerprint density at radius 2 is 1.89 bits per heavy atom. The van der Waals surface area contributed by atoms with Gasteiger partial charge in [0.15, 0.2) is 0 Å². The Bertz CT molecular complexity index is 120. The van der Waals surface area contributed by atoms with Gasteiger partial charge >= 0.3 is 0 Å². The van der Waals surface area contributed by atoms with Crippen molar-refractivity contribution < 1.29 is 0 Å². The Kier molecular flexibility index (Phi) is 2.40. The predicted octanol–water partition coefficient (Wildman–Crippen LogP) is 1.87. The van der Waals surface area contributed by atoms with Crippen LogP contribution in [0.2, 0.25) is 0 Å². The van der Waals surface area contributed by atoms with Crippen molar-refractivity contribution >= 4 is 0 Å². The van der Waals surface area contributed by atoms with Crippen LogP contribution in [-0.4, -0.2) is 6.04 Å². The lowest BCUT2D eigenvalue weighted by Gasteiger charge is -2.10. The van der Waals surface area contributed by atoms with Crippen molar-refractivity contribution in [1.82, 2.24) is 4.91 Å². The lowest BCUT2D eigenvalue weighted by Crippen LogP contribution is -2.08. The standard InChI is InChI=1S/C6H12N3/c7-9-8-6-4-2-1-3-5-6/h6-7H,1-5H2/q+1. The molecule has 1 rings (SSSR count). The smallest absolute Gasteiger partial charge is 0.0531 e. The zero-order valence-electron chi connectivity index (χ0n) is 5.51. The van der Waals surface area contributed by atoms with Gasteiger partial charge in [0.1, 0.15) is 16.7 Å². The van der Waals surface area contributed by atoms with E-state index in [2.05, 4.69) is 10.0 Å². The Hall–Kier alpha value is -0.690. The third kappa shape index (κ3) is 1.94. The molecule has 0 saturated heterocycles. The van der Waals surface area contributed by atoms with Gasteiger partial charge in [-0.25, -0.2) is 0 Å². The summed E-state index contributed by atoms with van der Waals surface area (Å²) >= 11 is 0. The molecular formula is C6H12N3+. The molecular weight excluding hydrogens is 114 g/mol. The van der Waals surface area contributed by atoms with Gasteiger partial charge in [-0.3, -0.25) is 0 Å². The van der Waals surface area contributed by atoms with Crippen LogP contribution in [0.4, 0.5) is 0 Å². The molecule has 9 heavy (non-hydrogen) atoms. The Labute approximate surface area is 54.7 Å². The average Bonchev–Trinajstić information content (AvgIpc) is 1.91. The van der Waals surface area contributed by atoms with Crippen molar-refractivity contribution in [3.63, 3.8) is 0 Å². The molecule has 0 aliphatic heterocycles. The second-order valence-electron chi connectivity index (χ2n) is 2.51. The van der Waals surface area contributed by atoms with Gasteiger partial charge in [0.25, 0.3) is 0 Å². The Morgan fingerprint density at radius 3 is 2.44 bits per heavy atom. The van der Waals surface area contributed by atoms with Crippen molar-refractivity contribution in [3.8, 4) is 0 Å². The molecule has 0 bridgehead atoms. The summed E-state index contributed by atoms with van der Waals surface area (Å²) in [5.74, 6) is 0. The van der Waals surface area contributed by atoms with E-state index in [-0.39, 0.29) is 0 Å². The normalized spacial score (nSPS) is 20.9. The summed E-state index contributed by atoms with van der Waals surface area (Å²) in [5, 5.41) is 3.78. The van der Waals surface area contributed by atoms with Gasteiger partial charge in [0.05, 0.1) is 0 Å². The second kappa shape index (κ2) is 3.36. The molecule has 3 heteroatoms. The molecule has 1 fully saturated rings. The molecule has 0 radical (unpaired) electrons. The number of hydrogen-bond acceptors (Lipinski definition) is 2. The van der Waals surface area contributed by atoms with E-state index in [1.807, 2.05) is 0 Å². The van der Waals surface area contributed by atoms with E-state index < -0.39 is 0 Å². The van der Waals surface area contributed by atoms with E-state index in [1.54, 1.807) is 0 Å². The van der Waals surface area contributed by atoms with Gasteiger partial charge < -0.3 is 0 Å². The Balaban J connectivity index is 2.31. The van der Waals surface area contributed by atoms with Gasteiger partial charge in [0.2, 0.25) is 4.91 Å². The highest BCUT2D eigenvalue weighted by Gasteiger charge is 2.15. The summed E-state index contributed by atoms with van der Waals surface area (Å²) in [6.45, 7) is 0. The monoisotopic (exact) mass is 126 g/mol. The first-order chi connectivity index (χ1) is 4.43. The molecule has 0 spiro atoms. The first-order valence-corrected chi connectivity index (χ1v) is 3.50. The van der Waals surface area contributed by atoms with Gasteiger partial charge in [0, 0.05) is 0 Å². The summed E-state index contributed by atoms with van der Waals surface area (Å²) in [6.07, 6.45) is 6.15. The molecule has 0 aromatic carbocycles. The van der Waals surface area contributed by atoms with Crippen LogP contribution in [-0.2, 0) is 0 Å². The fraction of sp³-hybridized carbons (Fsp3) is 1.00. The highest BCUT2D eigenvalue weighted by molar-refractivity contribution is 4.68. The summed E-state index contributed by atoms with van der Waals surface area (Å²) in [7, 11) is 0. The third-order valence-corrected chi connectivity index (χ3v) is 1.80. The van der Waals surface area contributed by atoms with Gasteiger partial charge in [-0.15, -0.1) is 0 Å². The lowest BCUT2D eigenvalue weighted by atomic mass is 9.96. The van der Waals surface area contributed by atoms with Crippen LogP contribution in [0.1, 0.15) is 32.1 Å². The summed E-state index contributed by atoms with van der Waals surface area (Å²) < 4.78 is 0. The molecule has 1 saturated carbocycles. The van der Waals surface area contributed by atoms with E-state index >= 15 is 0 Å². The summed E-state index contributed by atoms with van der Waals surface area (Å²) in [5.41, 5.74) is 6.50. The maximum atomic E-state index is 6.50. The number of nitrogens with zero attached hydrogens (tertiary/aromatic N) is 2. The predicted molar refractivity (Wildman–Crippen MR) is 34.2 cm³/mol. The first-order valence-electron chi connectivity index (χ1n) is 3.50. The maximum absolute atomic E-state index is 6.50. The second-order valence-corrected chi connectivity index (χ2v) is 2.51. The van der Waals surface area contributed by atoms with Crippen molar-refractivity contribution in [3.05, 3.63) is 0 Å². The summed E-state index contributed by atoms with van der Waals surface area (Å²) in [4.78, 5) is 3.03. The van der Waals surface area contributed by atoms with E-state index in [9.17, 15) is 0 Å². The highest BCUT2D eigenvalue weighted by Crippen LogP contribution is 2.19. The van der Waals surface area contributed by atoms with Crippen LogP contribution in [0.5, 0.6) is 0 Å². The van der Waals surface area contributed by atoms with E-state index in [0.29, 0.717) is 6.04 Å². The van der Waals surface area contributed by atoms with Crippen molar-refractivity contribution in [2.75, 3.05) is 0 Å². The molecule has 0 unspecified atom stereocenters. The third-order valence-electron chi connectivity index (χ3n) is 1.80. The molecule has 1 N–H and O–H groups in total. The molecule has 1 aliphatic carbocycles. The van der Waals surface area contributed by atoms with Crippen LogP contribution >= 0.6 is 0 Å². The summed E-state index contributed by atoms with van der Waals surface area (Å²) in [6, 6.07) is 0.372. The SMILES string of the molecule is N=[N+]=NC1CCCCC1. The molecule has 0 aromatic heterocycles. The first kappa shape index (κ1) is 6.43. The van der Waals surface area contributed by atoms with Gasteiger partial charge in [-0.1, -0.05) is 19.3 Å². The van der Waals surface area contributed by atoms with Crippen LogP contribution in [0.25, 0.3) is 0 Å². The number of nitrogens with one attached hydrogen (secondary N) is 1. The fourth-order valence-electron chi connectivity index (χ4n) is 1.28. The van der Waals surface area contributed by atoms with Crippen LogP contribution in [0, 0.1) is 5.53 Å². The van der Waals surface area contributed by atoms with Gasteiger partial charge in [-0.2, -0.15) is 0 Å². The van der Waals surface area contributed by atoms with Crippen LogP contribution < -0.4 is 4.91 Å². The molecule has 0 amide bonds. The topological polar surface area (TPSA) is 50.3 Å². The van der Waals surface area contributed by atoms with Gasteiger partial charge in [-0.05, 0) is 12.8 Å².